The lowest BCUT2D eigenvalue weighted by atomic mass is 10.4. The molecule has 7 nitrogen and oxygen atoms in total. The predicted molar refractivity (Wildman–Crippen MR) is 59.2 cm³/mol. The van der Waals surface area contributed by atoms with E-state index in [0.29, 0.717) is 0 Å². The molecule has 0 atom stereocenters. The highest BCUT2D eigenvalue weighted by atomic mass is 16.1. The Balaban J connectivity index is 3.15. The molecule has 0 unspecified atom stereocenters. The maximum absolute atomic E-state index is 11.8. The van der Waals surface area contributed by atoms with E-state index in [0.717, 1.165) is 0 Å². The molecule has 2 aromatic heterocycles. The SMILES string of the molecule is Cc1nc2c(=O)n(C)c(N)nc2n(C)c1=O. The topological polar surface area (TPSA) is 95.8 Å². The van der Waals surface area contributed by atoms with E-state index in [-0.39, 0.29) is 33.9 Å². The lowest BCUT2D eigenvalue weighted by Crippen LogP contribution is -2.29. The zero-order valence-electron chi connectivity index (χ0n) is 9.18. The summed E-state index contributed by atoms with van der Waals surface area (Å²) in [6, 6.07) is 0. The number of nitrogens with two attached hydrogens (primary N) is 1. The number of rotatable bonds is 0. The Kier molecular flexibility index (Phi) is 2.04. The maximum atomic E-state index is 11.8. The van der Waals surface area contributed by atoms with Crippen LogP contribution in [0.25, 0.3) is 11.2 Å². The van der Waals surface area contributed by atoms with E-state index < -0.39 is 0 Å². The van der Waals surface area contributed by atoms with Gasteiger partial charge < -0.3 is 5.73 Å². The molecule has 2 heterocycles. The second kappa shape index (κ2) is 3.16. The summed E-state index contributed by atoms with van der Waals surface area (Å²) in [5, 5.41) is 0. The van der Waals surface area contributed by atoms with Crippen LogP contribution >= 0.6 is 0 Å². The lowest BCUT2D eigenvalue weighted by Gasteiger charge is -2.07. The molecule has 0 bridgehead atoms. The van der Waals surface area contributed by atoms with Gasteiger partial charge in [0.1, 0.15) is 5.69 Å². The number of hydrogen-bond acceptors (Lipinski definition) is 5. The number of hydrogen-bond donors (Lipinski definition) is 1. The molecular formula is C9H11N5O2. The Hall–Kier alpha value is -2.18. The third kappa shape index (κ3) is 1.21. The smallest absolute Gasteiger partial charge is 0.282 e. The van der Waals surface area contributed by atoms with E-state index in [1.165, 1.54) is 23.2 Å². The minimum atomic E-state index is -0.360. The minimum absolute atomic E-state index is 0.0538. The molecule has 0 aromatic carbocycles. The molecule has 0 spiro atoms. The molecule has 0 aliphatic carbocycles. The van der Waals surface area contributed by atoms with Gasteiger partial charge in [-0.1, -0.05) is 0 Å². The molecule has 0 aliphatic rings. The predicted octanol–water partition coefficient (Wildman–Crippen LogP) is -1.08. The van der Waals surface area contributed by atoms with Gasteiger partial charge in [0.2, 0.25) is 5.95 Å². The Morgan fingerprint density at radius 2 is 1.69 bits per heavy atom. The summed E-state index contributed by atoms with van der Waals surface area (Å²) in [5.41, 5.74) is 5.52. The number of anilines is 1. The van der Waals surface area contributed by atoms with E-state index in [4.69, 9.17) is 5.73 Å². The van der Waals surface area contributed by atoms with Gasteiger partial charge in [0.05, 0.1) is 0 Å². The molecule has 0 aliphatic heterocycles. The van der Waals surface area contributed by atoms with Crippen molar-refractivity contribution in [1.82, 2.24) is 19.1 Å². The molecule has 0 fully saturated rings. The van der Waals surface area contributed by atoms with Gasteiger partial charge in [-0.15, -0.1) is 0 Å². The lowest BCUT2D eigenvalue weighted by molar-refractivity contribution is 0.809. The van der Waals surface area contributed by atoms with Gasteiger partial charge in [-0.05, 0) is 6.92 Å². The third-order valence-electron chi connectivity index (χ3n) is 2.49. The van der Waals surface area contributed by atoms with Crippen molar-refractivity contribution < 1.29 is 0 Å². The number of nitrogens with zero attached hydrogens (tertiary/aromatic N) is 4. The molecular weight excluding hydrogens is 210 g/mol. The second-order valence-electron chi connectivity index (χ2n) is 3.57. The van der Waals surface area contributed by atoms with Crippen LogP contribution in [0.2, 0.25) is 0 Å². The highest BCUT2D eigenvalue weighted by molar-refractivity contribution is 5.70. The van der Waals surface area contributed by atoms with Crippen LogP contribution in [0.1, 0.15) is 5.69 Å². The Morgan fingerprint density at radius 3 is 2.31 bits per heavy atom. The largest absolute Gasteiger partial charge is 0.369 e. The zero-order valence-corrected chi connectivity index (χ0v) is 9.18. The van der Waals surface area contributed by atoms with Crippen molar-refractivity contribution in [3.05, 3.63) is 26.4 Å². The highest BCUT2D eigenvalue weighted by Gasteiger charge is 2.12. The first-order valence-electron chi connectivity index (χ1n) is 4.63. The van der Waals surface area contributed by atoms with Gasteiger partial charge >= 0.3 is 0 Å². The molecule has 0 radical (unpaired) electrons. The molecule has 0 amide bonds. The van der Waals surface area contributed by atoms with Crippen LogP contribution in [0.3, 0.4) is 0 Å². The van der Waals surface area contributed by atoms with Crippen molar-refractivity contribution >= 4 is 17.1 Å². The molecule has 16 heavy (non-hydrogen) atoms. The van der Waals surface area contributed by atoms with Crippen LogP contribution in [-0.2, 0) is 14.1 Å². The van der Waals surface area contributed by atoms with Crippen molar-refractivity contribution in [3.8, 4) is 0 Å². The summed E-state index contributed by atoms with van der Waals surface area (Å²) in [4.78, 5) is 31.4. The Bertz CT molecular complexity index is 698. The van der Waals surface area contributed by atoms with E-state index in [9.17, 15) is 9.59 Å². The molecule has 2 aromatic rings. The minimum Gasteiger partial charge on any atom is -0.369 e. The maximum Gasteiger partial charge on any atom is 0.282 e. The second-order valence-corrected chi connectivity index (χ2v) is 3.57. The summed E-state index contributed by atoms with van der Waals surface area (Å²) in [5.74, 6) is 0.0538. The Labute approximate surface area is 90.2 Å². The first kappa shape index (κ1) is 10.3. The number of aryl methyl sites for hydroxylation is 2. The standard InChI is InChI=1S/C9H11N5O2/c1-4-7(15)13(2)6-5(11-4)8(16)14(3)9(10)12-6/h1-3H3,(H2,10,12). The van der Waals surface area contributed by atoms with Gasteiger partial charge in [0.15, 0.2) is 11.2 Å². The van der Waals surface area contributed by atoms with E-state index >= 15 is 0 Å². The van der Waals surface area contributed by atoms with Crippen molar-refractivity contribution in [1.29, 1.82) is 0 Å². The quantitative estimate of drug-likeness (QED) is 0.610. The van der Waals surface area contributed by atoms with Gasteiger partial charge in [-0.25, -0.2) is 4.98 Å². The highest BCUT2D eigenvalue weighted by Crippen LogP contribution is 2.03. The van der Waals surface area contributed by atoms with Gasteiger partial charge in [-0.2, -0.15) is 4.98 Å². The van der Waals surface area contributed by atoms with Crippen LogP contribution in [0.15, 0.2) is 9.59 Å². The molecule has 0 saturated carbocycles. The van der Waals surface area contributed by atoms with Crippen molar-refractivity contribution in [2.75, 3.05) is 5.73 Å². The fourth-order valence-electron chi connectivity index (χ4n) is 1.48. The fourth-order valence-corrected chi connectivity index (χ4v) is 1.48. The summed E-state index contributed by atoms with van der Waals surface area (Å²) in [7, 11) is 3.04. The third-order valence-corrected chi connectivity index (χ3v) is 2.49. The summed E-state index contributed by atoms with van der Waals surface area (Å²) < 4.78 is 2.47. The van der Waals surface area contributed by atoms with Crippen LogP contribution in [0, 0.1) is 6.92 Å². The first-order chi connectivity index (χ1) is 7.43. The normalized spacial score (nSPS) is 10.9. The van der Waals surface area contributed by atoms with Gasteiger partial charge in [0.25, 0.3) is 11.1 Å². The van der Waals surface area contributed by atoms with E-state index in [1.54, 1.807) is 6.92 Å². The van der Waals surface area contributed by atoms with E-state index in [2.05, 4.69) is 9.97 Å². The fraction of sp³-hybridized carbons (Fsp3) is 0.333. The van der Waals surface area contributed by atoms with Crippen LogP contribution in [-0.4, -0.2) is 19.1 Å². The van der Waals surface area contributed by atoms with Crippen LogP contribution < -0.4 is 16.9 Å². The van der Waals surface area contributed by atoms with E-state index in [1.807, 2.05) is 0 Å². The summed E-state index contributed by atoms with van der Waals surface area (Å²) in [6.45, 7) is 1.55. The van der Waals surface area contributed by atoms with Gasteiger partial charge in [0, 0.05) is 14.1 Å². The van der Waals surface area contributed by atoms with Crippen LogP contribution in [0.4, 0.5) is 5.95 Å². The average Bonchev–Trinajstić information content (AvgIpc) is 2.25. The van der Waals surface area contributed by atoms with Crippen LogP contribution in [0.5, 0.6) is 0 Å². The molecule has 2 rings (SSSR count). The monoisotopic (exact) mass is 221 g/mol. The van der Waals surface area contributed by atoms with Crippen molar-refractivity contribution in [2.24, 2.45) is 14.1 Å². The van der Waals surface area contributed by atoms with Gasteiger partial charge in [-0.3, -0.25) is 18.7 Å². The molecule has 84 valence electrons. The number of fused-ring (bicyclic) bond motifs is 1. The summed E-state index contributed by atoms with van der Waals surface area (Å²) >= 11 is 0. The van der Waals surface area contributed by atoms with Crippen molar-refractivity contribution in [2.45, 2.75) is 6.92 Å². The molecule has 0 saturated heterocycles. The number of nitrogen functional groups attached to an aromatic ring is 1. The zero-order chi connectivity index (χ0) is 12.0. The molecule has 2 N–H and O–H groups in total. The first-order valence-corrected chi connectivity index (χ1v) is 4.63. The summed E-state index contributed by atoms with van der Waals surface area (Å²) in [6.07, 6.45) is 0. The average molecular weight is 221 g/mol. The Morgan fingerprint density at radius 1 is 1.06 bits per heavy atom. The van der Waals surface area contributed by atoms with Crippen molar-refractivity contribution in [3.63, 3.8) is 0 Å². The molecule has 7 heteroatoms. The number of aromatic nitrogens is 4.